The fourth-order valence-electron chi connectivity index (χ4n) is 3.91. The number of halogens is 1. The number of fused-ring (bicyclic) bond motifs is 1. The number of nitrogens with zero attached hydrogens (tertiary/aromatic N) is 1. The third kappa shape index (κ3) is 6.58. The summed E-state index contributed by atoms with van der Waals surface area (Å²) >= 11 is 5.91. The summed E-state index contributed by atoms with van der Waals surface area (Å²) in [6.07, 6.45) is 1.59. The number of benzene rings is 5. The molecule has 188 valence electrons. The molecule has 0 fully saturated rings. The van der Waals surface area contributed by atoms with Crippen LogP contribution in [-0.2, 0) is 13.2 Å². The van der Waals surface area contributed by atoms with Crippen LogP contribution < -0.4 is 14.9 Å². The number of carbonyl (C=O) groups is 1. The van der Waals surface area contributed by atoms with Gasteiger partial charge >= 0.3 is 0 Å². The van der Waals surface area contributed by atoms with E-state index in [0.717, 1.165) is 22.4 Å². The fourth-order valence-corrected chi connectivity index (χ4v) is 4.04. The van der Waals surface area contributed by atoms with Gasteiger partial charge in [-0.15, -0.1) is 0 Å². The predicted octanol–water partition coefficient (Wildman–Crippen LogP) is 7.42. The highest BCUT2D eigenvalue weighted by Crippen LogP contribution is 2.21. The number of hydrogen-bond acceptors (Lipinski definition) is 4. The minimum absolute atomic E-state index is 0.305. The molecule has 5 rings (SSSR count). The van der Waals surface area contributed by atoms with E-state index in [2.05, 4.69) is 34.8 Å². The van der Waals surface area contributed by atoms with E-state index in [-0.39, 0.29) is 5.91 Å². The Balaban J connectivity index is 1.10. The molecule has 0 radical (unpaired) electrons. The molecule has 0 saturated carbocycles. The Hall–Kier alpha value is -4.61. The van der Waals surface area contributed by atoms with Crippen molar-refractivity contribution in [3.63, 3.8) is 0 Å². The average Bonchev–Trinajstić information content (AvgIpc) is 2.96. The van der Waals surface area contributed by atoms with Crippen LogP contribution in [0.3, 0.4) is 0 Å². The molecule has 5 aromatic carbocycles. The van der Waals surface area contributed by atoms with Crippen LogP contribution in [0, 0.1) is 0 Å². The summed E-state index contributed by atoms with van der Waals surface area (Å²) in [6.45, 7) is 0.899. The molecule has 6 heteroatoms. The highest BCUT2D eigenvalue weighted by atomic mass is 35.5. The SMILES string of the molecule is O=C(N/N=C/c1ccc(OCc2cccc3ccccc23)cc1)c1ccc(OCc2ccc(Cl)cc2)cc1. The van der Waals surface area contributed by atoms with Gasteiger partial charge in [0, 0.05) is 10.6 Å². The lowest BCUT2D eigenvalue weighted by atomic mass is 10.1. The normalized spacial score (nSPS) is 11.0. The molecule has 0 saturated heterocycles. The topological polar surface area (TPSA) is 59.9 Å². The van der Waals surface area contributed by atoms with Gasteiger partial charge in [0.25, 0.3) is 5.91 Å². The molecule has 5 aromatic rings. The van der Waals surface area contributed by atoms with Gasteiger partial charge < -0.3 is 9.47 Å². The van der Waals surface area contributed by atoms with Crippen LogP contribution >= 0.6 is 11.6 Å². The van der Waals surface area contributed by atoms with Crippen molar-refractivity contribution in [2.45, 2.75) is 13.2 Å². The Morgan fingerprint density at radius 1 is 0.737 bits per heavy atom. The molecule has 1 N–H and O–H groups in total. The highest BCUT2D eigenvalue weighted by molar-refractivity contribution is 6.30. The van der Waals surface area contributed by atoms with Gasteiger partial charge in [-0.3, -0.25) is 4.79 Å². The van der Waals surface area contributed by atoms with E-state index < -0.39 is 0 Å². The summed E-state index contributed by atoms with van der Waals surface area (Å²) in [6, 6.07) is 36.4. The van der Waals surface area contributed by atoms with E-state index in [1.165, 1.54) is 10.8 Å². The Kier molecular flexibility index (Phi) is 7.97. The monoisotopic (exact) mass is 520 g/mol. The van der Waals surface area contributed by atoms with Gasteiger partial charge in [-0.1, -0.05) is 66.2 Å². The Labute approximate surface area is 226 Å². The molecule has 0 aromatic heterocycles. The lowest BCUT2D eigenvalue weighted by molar-refractivity contribution is 0.0955. The zero-order chi connectivity index (χ0) is 26.2. The minimum atomic E-state index is -0.305. The standard InChI is InChI=1S/C32H25ClN2O3/c33-28-14-8-24(9-15-28)21-37-30-18-12-26(13-19-30)32(36)35-34-20-23-10-16-29(17-11-23)38-22-27-6-3-5-25-4-1-2-7-31(25)27/h1-20H,21-22H2,(H,35,36)/b34-20+. The Bertz CT molecular complexity index is 1540. The van der Waals surface area contributed by atoms with Gasteiger partial charge in [0.2, 0.25) is 0 Å². The third-order valence-electron chi connectivity index (χ3n) is 5.97. The van der Waals surface area contributed by atoms with Crippen molar-refractivity contribution in [1.82, 2.24) is 5.43 Å². The van der Waals surface area contributed by atoms with Crippen molar-refractivity contribution in [3.8, 4) is 11.5 Å². The number of amides is 1. The van der Waals surface area contributed by atoms with Gasteiger partial charge in [-0.05, 0) is 88.1 Å². The highest BCUT2D eigenvalue weighted by Gasteiger charge is 2.05. The molecule has 0 heterocycles. The lowest BCUT2D eigenvalue weighted by Gasteiger charge is -2.09. The van der Waals surface area contributed by atoms with Crippen molar-refractivity contribution >= 4 is 34.5 Å². The summed E-state index contributed by atoms with van der Waals surface area (Å²) in [5, 5.41) is 7.14. The van der Waals surface area contributed by atoms with Crippen LogP contribution in [0.5, 0.6) is 11.5 Å². The maximum absolute atomic E-state index is 12.4. The van der Waals surface area contributed by atoms with Gasteiger partial charge in [0.05, 0.1) is 6.21 Å². The molecule has 38 heavy (non-hydrogen) atoms. The van der Waals surface area contributed by atoms with E-state index in [4.69, 9.17) is 21.1 Å². The zero-order valence-electron chi connectivity index (χ0n) is 20.5. The molecule has 0 spiro atoms. The molecule has 0 unspecified atom stereocenters. The largest absolute Gasteiger partial charge is 0.489 e. The van der Waals surface area contributed by atoms with Crippen molar-refractivity contribution in [3.05, 3.63) is 143 Å². The lowest BCUT2D eigenvalue weighted by Crippen LogP contribution is -2.17. The van der Waals surface area contributed by atoms with Crippen molar-refractivity contribution in [2.24, 2.45) is 5.10 Å². The number of carbonyl (C=O) groups excluding carboxylic acids is 1. The second-order valence-corrected chi connectivity index (χ2v) is 9.07. The first kappa shape index (κ1) is 25.1. The average molecular weight is 521 g/mol. The summed E-state index contributed by atoms with van der Waals surface area (Å²) in [4.78, 5) is 12.4. The van der Waals surface area contributed by atoms with Crippen LogP contribution in [0.25, 0.3) is 10.8 Å². The second-order valence-electron chi connectivity index (χ2n) is 8.63. The fraction of sp³-hybridized carbons (Fsp3) is 0.0625. The first-order chi connectivity index (χ1) is 18.6. The second kappa shape index (κ2) is 12.1. The van der Waals surface area contributed by atoms with Crippen LogP contribution in [0.4, 0.5) is 0 Å². The van der Waals surface area contributed by atoms with Crippen LogP contribution in [0.2, 0.25) is 5.02 Å². The molecular weight excluding hydrogens is 496 g/mol. The first-order valence-corrected chi connectivity index (χ1v) is 12.5. The van der Waals surface area contributed by atoms with Crippen LogP contribution in [0.15, 0.2) is 120 Å². The van der Waals surface area contributed by atoms with Crippen LogP contribution in [0.1, 0.15) is 27.0 Å². The maximum atomic E-state index is 12.4. The number of hydrogen-bond donors (Lipinski definition) is 1. The van der Waals surface area contributed by atoms with Gasteiger partial charge in [-0.25, -0.2) is 5.43 Å². The van der Waals surface area contributed by atoms with Crippen molar-refractivity contribution in [2.75, 3.05) is 0 Å². The summed E-state index contributed by atoms with van der Waals surface area (Å²) in [7, 11) is 0. The van der Waals surface area contributed by atoms with E-state index >= 15 is 0 Å². The Morgan fingerprint density at radius 3 is 2.16 bits per heavy atom. The summed E-state index contributed by atoms with van der Waals surface area (Å²) < 4.78 is 11.7. The first-order valence-electron chi connectivity index (χ1n) is 12.1. The predicted molar refractivity (Wildman–Crippen MR) is 152 cm³/mol. The van der Waals surface area contributed by atoms with Crippen LogP contribution in [-0.4, -0.2) is 12.1 Å². The van der Waals surface area contributed by atoms with Gasteiger partial charge in [-0.2, -0.15) is 5.10 Å². The smallest absolute Gasteiger partial charge is 0.271 e. The molecule has 0 aliphatic rings. The Morgan fingerprint density at radius 2 is 1.39 bits per heavy atom. The molecule has 0 aliphatic heterocycles. The molecule has 0 bridgehead atoms. The molecule has 1 amide bonds. The molecule has 0 aliphatic carbocycles. The van der Waals surface area contributed by atoms with E-state index in [1.54, 1.807) is 30.5 Å². The third-order valence-corrected chi connectivity index (χ3v) is 6.22. The van der Waals surface area contributed by atoms with E-state index in [9.17, 15) is 4.79 Å². The molecular formula is C32H25ClN2O3. The minimum Gasteiger partial charge on any atom is -0.489 e. The molecule has 0 atom stereocenters. The van der Waals surface area contributed by atoms with Gasteiger partial charge in [0.15, 0.2) is 0 Å². The number of hydrazone groups is 1. The molecule has 5 nitrogen and oxygen atoms in total. The summed E-state index contributed by atoms with van der Waals surface area (Å²) in [5.41, 5.74) is 6.03. The maximum Gasteiger partial charge on any atom is 0.271 e. The number of ether oxygens (including phenoxy) is 2. The summed E-state index contributed by atoms with van der Waals surface area (Å²) in [5.74, 6) is 1.13. The van der Waals surface area contributed by atoms with Gasteiger partial charge in [0.1, 0.15) is 24.7 Å². The number of rotatable bonds is 9. The van der Waals surface area contributed by atoms with Crippen molar-refractivity contribution < 1.29 is 14.3 Å². The van der Waals surface area contributed by atoms with E-state index in [0.29, 0.717) is 29.5 Å². The quantitative estimate of drug-likeness (QED) is 0.162. The van der Waals surface area contributed by atoms with E-state index in [1.807, 2.05) is 66.7 Å². The van der Waals surface area contributed by atoms with Crippen molar-refractivity contribution in [1.29, 1.82) is 0 Å². The number of nitrogens with one attached hydrogen (secondary N) is 1. The zero-order valence-corrected chi connectivity index (χ0v) is 21.3.